The molecular weight excluding hydrogens is 208 g/mol. The van der Waals surface area contributed by atoms with Gasteiger partial charge < -0.3 is 10.2 Å². The van der Waals surface area contributed by atoms with E-state index in [9.17, 15) is 0 Å². The van der Waals surface area contributed by atoms with Crippen molar-refractivity contribution in [1.82, 2.24) is 10.2 Å². The van der Waals surface area contributed by atoms with E-state index < -0.39 is 0 Å². The molecule has 0 bridgehead atoms. The van der Waals surface area contributed by atoms with E-state index in [2.05, 4.69) is 17.1 Å². The van der Waals surface area contributed by atoms with Gasteiger partial charge in [-0.3, -0.25) is 0 Å². The lowest BCUT2D eigenvalue weighted by Crippen LogP contribution is -2.31. The van der Waals surface area contributed by atoms with Gasteiger partial charge in [-0.1, -0.05) is 6.92 Å². The number of hydrogen-bond donors (Lipinski definition) is 1. The van der Waals surface area contributed by atoms with E-state index >= 15 is 0 Å². The Hall–Kier alpha value is -0.0800. The Labute approximate surface area is 107 Å². The molecule has 0 spiro atoms. The molecule has 0 aromatic rings. The van der Waals surface area contributed by atoms with Crippen molar-refractivity contribution in [3.63, 3.8) is 0 Å². The summed E-state index contributed by atoms with van der Waals surface area (Å²) >= 11 is 0. The van der Waals surface area contributed by atoms with Crippen molar-refractivity contribution >= 4 is 0 Å². The summed E-state index contributed by atoms with van der Waals surface area (Å²) in [5.41, 5.74) is 0. The van der Waals surface area contributed by atoms with Crippen LogP contribution in [0.15, 0.2) is 0 Å². The smallest absolute Gasteiger partial charge is 0.00162 e. The summed E-state index contributed by atoms with van der Waals surface area (Å²) in [6.07, 6.45) is 10.0. The van der Waals surface area contributed by atoms with Gasteiger partial charge in [-0.25, -0.2) is 0 Å². The number of hydrogen-bond acceptors (Lipinski definition) is 2. The predicted octanol–water partition coefficient (Wildman–Crippen LogP) is 2.89. The molecule has 1 N–H and O–H groups in total. The number of rotatable bonds is 4. The second kappa shape index (κ2) is 7.38. The van der Waals surface area contributed by atoms with Crippen molar-refractivity contribution in [2.75, 3.05) is 32.7 Å². The molecule has 0 amide bonds. The first kappa shape index (κ1) is 13.4. The topological polar surface area (TPSA) is 15.3 Å². The van der Waals surface area contributed by atoms with Crippen LogP contribution in [0.4, 0.5) is 0 Å². The molecule has 2 saturated heterocycles. The van der Waals surface area contributed by atoms with Crippen molar-refractivity contribution in [2.24, 2.45) is 11.8 Å². The molecule has 0 aromatic carbocycles. The van der Waals surface area contributed by atoms with Crippen LogP contribution in [0.1, 0.15) is 51.9 Å². The summed E-state index contributed by atoms with van der Waals surface area (Å²) in [6.45, 7) is 9.00. The zero-order valence-electron chi connectivity index (χ0n) is 11.6. The van der Waals surface area contributed by atoms with Crippen LogP contribution in [0.2, 0.25) is 0 Å². The molecule has 0 aliphatic carbocycles. The highest BCUT2D eigenvalue weighted by molar-refractivity contribution is 4.71. The van der Waals surface area contributed by atoms with Crippen molar-refractivity contribution in [3.8, 4) is 0 Å². The van der Waals surface area contributed by atoms with E-state index in [0.717, 1.165) is 11.8 Å². The Morgan fingerprint density at radius 2 is 2.06 bits per heavy atom. The van der Waals surface area contributed by atoms with Gasteiger partial charge in [0.05, 0.1) is 0 Å². The maximum Gasteiger partial charge on any atom is -0.00162 e. The summed E-state index contributed by atoms with van der Waals surface area (Å²) < 4.78 is 0. The normalized spacial score (nSPS) is 32.3. The predicted molar refractivity (Wildman–Crippen MR) is 74.3 cm³/mol. The molecule has 2 nitrogen and oxygen atoms in total. The first-order valence-electron chi connectivity index (χ1n) is 7.77. The highest BCUT2D eigenvalue weighted by atomic mass is 15.1. The molecule has 17 heavy (non-hydrogen) atoms. The third-order valence-electron chi connectivity index (χ3n) is 4.60. The van der Waals surface area contributed by atoms with Crippen molar-refractivity contribution in [1.29, 1.82) is 0 Å². The first-order chi connectivity index (χ1) is 8.34. The monoisotopic (exact) mass is 238 g/mol. The third kappa shape index (κ3) is 4.97. The largest absolute Gasteiger partial charge is 0.316 e. The molecule has 100 valence electrons. The minimum Gasteiger partial charge on any atom is -0.316 e. The minimum atomic E-state index is 0.961. The molecule has 2 unspecified atom stereocenters. The lowest BCUT2D eigenvalue weighted by molar-refractivity contribution is 0.258. The SMILES string of the molecule is CC1CCCN(CCCC2CCCNC2)CC1. The Morgan fingerprint density at radius 3 is 2.88 bits per heavy atom. The van der Waals surface area contributed by atoms with E-state index in [-0.39, 0.29) is 0 Å². The number of likely N-dealkylation sites (tertiary alicyclic amines) is 1. The van der Waals surface area contributed by atoms with Crippen LogP contribution in [0.5, 0.6) is 0 Å². The Kier molecular flexibility index (Phi) is 5.79. The van der Waals surface area contributed by atoms with Crippen molar-refractivity contribution in [2.45, 2.75) is 51.9 Å². The first-order valence-corrected chi connectivity index (χ1v) is 7.77. The molecular formula is C15H30N2. The number of nitrogens with zero attached hydrogens (tertiary/aromatic N) is 1. The van der Waals surface area contributed by atoms with E-state index in [4.69, 9.17) is 0 Å². The average Bonchev–Trinajstić information content (AvgIpc) is 2.56. The van der Waals surface area contributed by atoms with Crippen LogP contribution >= 0.6 is 0 Å². The van der Waals surface area contributed by atoms with Gasteiger partial charge in [0.1, 0.15) is 0 Å². The average molecular weight is 238 g/mol. The molecule has 2 fully saturated rings. The fourth-order valence-electron chi connectivity index (χ4n) is 3.32. The zero-order chi connectivity index (χ0) is 11.9. The van der Waals surface area contributed by atoms with Gasteiger partial charge in [0.25, 0.3) is 0 Å². The summed E-state index contributed by atoms with van der Waals surface area (Å²) in [5, 5.41) is 3.53. The zero-order valence-corrected chi connectivity index (χ0v) is 11.6. The Balaban J connectivity index is 1.57. The van der Waals surface area contributed by atoms with Crippen LogP contribution < -0.4 is 5.32 Å². The quantitative estimate of drug-likeness (QED) is 0.810. The van der Waals surface area contributed by atoms with E-state index in [1.54, 1.807) is 0 Å². The van der Waals surface area contributed by atoms with Crippen LogP contribution in [-0.2, 0) is 0 Å². The molecule has 2 aliphatic rings. The van der Waals surface area contributed by atoms with Crippen LogP contribution in [0.3, 0.4) is 0 Å². The summed E-state index contributed by atoms with van der Waals surface area (Å²) in [5.74, 6) is 1.93. The second-order valence-corrected chi connectivity index (χ2v) is 6.23. The van der Waals surface area contributed by atoms with Gasteiger partial charge in [0, 0.05) is 0 Å². The summed E-state index contributed by atoms with van der Waals surface area (Å²) in [6, 6.07) is 0. The maximum atomic E-state index is 3.53. The second-order valence-electron chi connectivity index (χ2n) is 6.23. The fourth-order valence-corrected chi connectivity index (χ4v) is 3.32. The minimum absolute atomic E-state index is 0.961. The highest BCUT2D eigenvalue weighted by Gasteiger charge is 2.15. The molecule has 2 atom stereocenters. The summed E-state index contributed by atoms with van der Waals surface area (Å²) in [7, 11) is 0. The lowest BCUT2D eigenvalue weighted by atomic mass is 9.94. The molecule has 2 heterocycles. The fraction of sp³-hybridized carbons (Fsp3) is 1.00. The molecule has 2 aliphatic heterocycles. The highest BCUT2D eigenvalue weighted by Crippen LogP contribution is 2.19. The maximum absolute atomic E-state index is 3.53. The Morgan fingerprint density at radius 1 is 1.12 bits per heavy atom. The van der Waals surface area contributed by atoms with E-state index in [1.165, 1.54) is 77.7 Å². The summed E-state index contributed by atoms with van der Waals surface area (Å²) in [4.78, 5) is 2.71. The van der Waals surface area contributed by atoms with Gasteiger partial charge in [-0.05, 0) is 89.5 Å². The van der Waals surface area contributed by atoms with Crippen LogP contribution in [0, 0.1) is 11.8 Å². The van der Waals surface area contributed by atoms with Gasteiger partial charge >= 0.3 is 0 Å². The standard InChI is InChI=1S/C15H30N2/c1-14-5-3-10-17(12-8-14)11-4-7-15-6-2-9-16-13-15/h14-16H,2-13H2,1H3. The third-order valence-corrected chi connectivity index (χ3v) is 4.60. The molecule has 2 rings (SSSR count). The Bertz CT molecular complexity index is 199. The molecule has 0 radical (unpaired) electrons. The molecule has 0 aromatic heterocycles. The van der Waals surface area contributed by atoms with E-state index in [1.807, 2.05) is 0 Å². The van der Waals surface area contributed by atoms with Gasteiger partial charge in [-0.15, -0.1) is 0 Å². The lowest BCUT2D eigenvalue weighted by Gasteiger charge is -2.25. The van der Waals surface area contributed by atoms with Crippen LogP contribution in [0.25, 0.3) is 0 Å². The molecule has 0 saturated carbocycles. The van der Waals surface area contributed by atoms with Crippen LogP contribution in [-0.4, -0.2) is 37.6 Å². The van der Waals surface area contributed by atoms with Gasteiger partial charge in [0.15, 0.2) is 0 Å². The van der Waals surface area contributed by atoms with Crippen molar-refractivity contribution < 1.29 is 0 Å². The van der Waals surface area contributed by atoms with E-state index in [0.29, 0.717) is 0 Å². The number of nitrogens with one attached hydrogen (secondary N) is 1. The van der Waals surface area contributed by atoms with Crippen molar-refractivity contribution in [3.05, 3.63) is 0 Å². The van der Waals surface area contributed by atoms with Gasteiger partial charge in [-0.2, -0.15) is 0 Å². The number of piperidine rings is 1. The van der Waals surface area contributed by atoms with Gasteiger partial charge in [0.2, 0.25) is 0 Å². The molecule has 2 heteroatoms.